The minimum atomic E-state index is -0.566. The third-order valence-corrected chi connectivity index (χ3v) is 2.74. The Hall–Kier alpha value is -2.76. The molecule has 0 aliphatic heterocycles. The molecule has 2 N–H and O–H groups in total. The highest BCUT2D eigenvalue weighted by molar-refractivity contribution is 6.38. The van der Waals surface area contributed by atoms with Crippen LogP contribution in [0.5, 0.6) is 0 Å². The van der Waals surface area contributed by atoms with E-state index in [2.05, 4.69) is 20.2 Å². The standard InChI is InChI=1S/C12H8N4O2/c17-6-10(18)11-8-1-2-13-5-9(8)16-12(11)7-3-14-15-4-7/h1-6,16H,(H,14,15). The van der Waals surface area contributed by atoms with E-state index in [0.717, 1.165) is 5.56 Å². The average molecular weight is 240 g/mol. The molecule has 18 heavy (non-hydrogen) atoms. The van der Waals surface area contributed by atoms with Gasteiger partial charge in [0, 0.05) is 23.3 Å². The van der Waals surface area contributed by atoms with Crippen LogP contribution in [-0.4, -0.2) is 32.2 Å². The molecule has 0 saturated carbocycles. The summed E-state index contributed by atoms with van der Waals surface area (Å²) in [5, 5.41) is 7.19. The maximum Gasteiger partial charge on any atom is 0.228 e. The van der Waals surface area contributed by atoms with E-state index in [1.165, 1.54) is 0 Å². The average Bonchev–Trinajstić information content (AvgIpc) is 3.04. The van der Waals surface area contributed by atoms with Gasteiger partial charge < -0.3 is 4.98 Å². The molecule has 3 heterocycles. The summed E-state index contributed by atoms with van der Waals surface area (Å²) < 4.78 is 0. The normalized spacial score (nSPS) is 10.7. The Kier molecular flexibility index (Phi) is 2.26. The molecule has 6 heteroatoms. The molecule has 88 valence electrons. The fraction of sp³-hybridized carbons (Fsp3) is 0. The summed E-state index contributed by atoms with van der Waals surface area (Å²) in [7, 11) is 0. The molecule has 0 unspecified atom stereocenters. The lowest BCUT2D eigenvalue weighted by Crippen LogP contribution is -2.00. The van der Waals surface area contributed by atoms with E-state index >= 15 is 0 Å². The van der Waals surface area contributed by atoms with E-state index in [9.17, 15) is 9.59 Å². The summed E-state index contributed by atoms with van der Waals surface area (Å²) in [5.41, 5.74) is 2.35. The fourth-order valence-electron chi connectivity index (χ4n) is 1.96. The molecule has 3 aromatic heterocycles. The van der Waals surface area contributed by atoms with E-state index in [1.54, 1.807) is 30.9 Å². The van der Waals surface area contributed by atoms with E-state index < -0.39 is 5.78 Å². The van der Waals surface area contributed by atoms with Gasteiger partial charge in [-0.05, 0) is 6.07 Å². The Labute approximate surface area is 101 Å². The molecule has 0 fully saturated rings. The van der Waals surface area contributed by atoms with Crippen LogP contribution in [0.4, 0.5) is 0 Å². The number of hydrogen-bond donors (Lipinski definition) is 2. The molecular weight excluding hydrogens is 232 g/mol. The second kappa shape index (κ2) is 3.92. The van der Waals surface area contributed by atoms with Crippen molar-refractivity contribution in [3.8, 4) is 11.3 Å². The van der Waals surface area contributed by atoms with Gasteiger partial charge in [-0.2, -0.15) is 5.10 Å². The highest BCUT2D eigenvalue weighted by Crippen LogP contribution is 2.29. The lowest BCUT2D eigenvalue weighted by Gasteiger charge is -1.96. The quantitative estimate of drug-likeness (QED) is 0.410. The van der Waals surface area contributed by atoms with Crippen molar-refractivity contribution in [2.45, 2.75) is 0 Å². The van der Waals surface area contributed by atoms with Gasteiger partial charge in [0.15, 0.2) is 6.29 Å². The minimum absolute atomic E-state index is 0.312. The van der Waals surface area contributed by atoms with Crippen molar-refractivity contribution >= 4 is 23.0 Å². The maximum absolute atomic E-state index is 11.8. The van der Waals surface area contributed by atoms with Crippen molar-refractivity contribution in [2.24, 2.45) is 0 Å². The second-order valence-corrected chi connectivity index (χ2v) is 3.77. The smallest absolute Gasteiger partial charge is 0.228 e. The number of carbonyl (C=O) groups excluding carboxylic acids is 2. The number of aldehydes is 1. The number of aromatic amines is 2. The summed E-state index contributed by atoms with van der Waals surface area (Å²) >= 11 is 0. The number of Topliss-reactive ketones (excluding diaryl/α,β-unsaturated/α-hetero) is 1. The molecule has 6 nitrogen and oxygen atoms in total. The van der Waals surface area contributed by atoms with Crippen LogP contribution in [0.25, 0.3) is 22.2 Å². The van der Waals surface area contributed by atoms with Crippen molar-refractivity contribution in [3.05, 3.63) is 36.4 Å². The van der Waals surface area contributed by atoms with Crippen LogP contribution in [0.1, 0.15) is 10.4 Å². The number of hydrogen-bond acceptors (Lipinski definition) is 4. The Morgan fingerprint density at radius 1 is 1.33 bits per heavy atom. The topological polar surface area (TPSA) is 91.5 Å². The van der Waals surface area contributed by atoms with Gasteiger partial charge in [-0.25, -0.2) is 0 Å². The van der Waals surface area contributed by atoms with Crippen LogP contribution in [-0.2, 0) is 4.79 Å². The molecule has 0 spiro atoms. The number of ketones is 1. The maximum atomic E-state index is 11.8. The fourth-order valence-corrected chi connectivity index (χ4v) is 1.96. The van der Waals surface area contributed by atoms with E-state index in [-0.39, 0.29) is 0 Å². The zero-order chi connectivity index (χ0) is 12.5. The Balaban J connectivity index is 2.37. The lowest BCUT2D eigenvalue weighted by atomic mass is 10.1. The lowest BCUT2D eigenvalue weighted by molar-refractivity contribution is -0.104. The Morgan fingerprint density at radius 2 is 2.22 bits per heavy atom. The first-order valence-corrected chi connectivity index (χ1v) is 5.25. The van der Waals surface area contributed by atoms with Gasteiger partial charge in [0.05, 0.1) is 29.2 Å². The van der Waals surface area contributed by atoms with Crippen LogP contribution in [0, 0.1) is 0 Å². The third kappa shape index (κ3) is 1.43. The van der Waals surface area contributed by atoms with Gasteiger partial charge in [-0.15, -0.1) is 0 Å². The van der Waals surface area contributed by atoms with Crippen molar-refractivity contribution < 1.29 is 9.59 Å². The van der Waals surface area contributed by atoms with Gasteiger partial charge in [0.2, 0.25) is 5.78 Å². The van der Waals surface area contributed by atoms with E-state index in [1.807, 2.05) is 0 Å². The van der Waals surface area contributed by atoms with Gasteiger partial charge >= 0.3 is 0 Å². The minimum Gasteiger partial charge on any atom is -0.353 e. The van der Waals surface area contributed by atoms with Crippen LogP contribution in [0.15, 0.2) is 30.9 Å². The monoisotopic (exact) mass is 240 g/mol. The van der Waals surface area contributed by atoms with E-state index in [4.69, 9.17) is 0 Å². The SMILES string of the molecule is O=CC(=O)c1c(-c2cn[nH]c2)[nH]c2cnccc12. The first-order valence-electron chi connectivity index (χ1n) is 5.25. The number of rotatable bonds is 3. The van der Waals surface area contributed by atoms with Crippen LogP contribution < -0.4 is 0 Å². The highest BCUT2D eigenvalue weighted by Gasteiger charge is 2.19. The molecule has 3 rings (SSSR count). The second-order valence-electron chi connectivity index (χ2n) is 3.77. The molecule has 0 aromatic carbocycles. The molecule has 3 aromatic rings. The van der Waals surface area contributed by atoms with Crippen LogP contribution >= 0.6 is 0 Å². The Bertz CT molecular complexity index is 728. The van der Waals surface area contributed by atoms with Gasteiger partial charge in [-0.3, -0.25) is 19.7 Å². The molecule has 0 saturated heterocycles. The Morgan fingerprint density at radius 3 is 2.94 bits per heavy atom. The van der Waals surface area contributed by atoms with Crippen molar-refractivity contribution in [1.29, 1.82) is 0 Å². The summed E-state index contributed by atoms with van der Waals surface area (Å²) in [6.45, 7) is 0. The van der Waals surface area contributed by atoms with E-state index in [0.29, 0.717) is 28.4 Å². The van der Waals surface area contributed by atoms with Crippen molar-refractivity contribution in [1.82, 2.24) is 20.2 Å². The van der Waals surface area contributed by atoms with Gasteiger partial charge in [0.1, 0.15) is 0 Å². The number of fused-ring (bicyclic) bond motifs is 1. The molecule has 0 amide bonds. The number of carbonyl (C=O) groups is 2. The number of pyridine rings is 1. The molecule has 0 atom stereocenters. The molecule has 0 aliphatic rings. The third-order valence-electron chi connectivity index (χ3n) is 2.74. The summed E-state index contributed by atoms with van der Waals surface area (Å²) in [5.74, 6) is -0.566. The zero-order valence-electron chi connectivity index (χ0n) is 9.18. The summed E-state index contributed by atoms with van der Waals surface area (Å²) in [6.07, 6.45) is 6.74. The zero-order valence-corrected chi connectivity index (χ0v) is 9.18. The number of aromatic nitrogens is 4. The molecule has 0 radical (unpaired) electrons. The first-order chi connectivity index (χ1) is 8.81. The predicted molar refractivity (Wildman–Crippen MR) is 64.1 cm³/mol. The number of H-pyrrole nitrogens is 2. The summed E-state index contributed by atoms with van der Waals surface area (Å²) in [6, 6.07) is 1.70. The predicted octanol–water partition coefficient (Wildman–Crippen LogP) is 1.33. The molecular formula is C12H8N4O2. The van der Waals surface area contributed by atoms with Crippen molar-refractivity contribution in [3.63, 3.8) is 0 Å². The molecule has 0 aliphatic carbocycles. The summed E-state index contributed by atoms with van der Waals surface area (Å²) in [4.78, 5) is 29.6. The van der Waals surface area contributed by atoms with Crippen LogP contribution in [0.3, 0.4) is 0 Å². The molecule has 0 bridgehead atoms. The van der Waals surface area contributed by atoms with Gasteiger partial charge in [-0.1, -0.05) is 0 Å². The van der Waals surface area contributed by atoms with Gasteiger partial charge in [0.25, 0.3) is 0 Å². The highest BCUT2D eigenvalue weighted by atomic mass is 16.2. The van der Waals surface area contributed by atoms with Crippen molar-refractivity contribution in [2.75, 3.05) is 0 Å². The number of nitrogens with zero attached hydrogens (tertiary/aromatic N) is 2. The number of nitrogens with one attached hydrogen (secondary N) is 2. The van der Waals surface area contributed by atoms with Crippen LogP contribution in [0.2, 0.25) is 0 Å². The first kappa shape index (κ1) is 10.4. The largest absolute Gasteiger partial charge is 0.353 e.